The summed E-state index contributed by atoms with van der Waals surface area (Å²) >= 11 is 6.05. The fourth-order valence-corrected chi connectivity index (χ4v) is 2.11. The van der Waals surface area contributed by atoms with Crippen molar-refractivity contribution in [2.75, 3.05) is 12.4 Å². The van der Waals surface area contributed by atoms with E-state index in [4.69, 9.17) is 22.1 Å². The Morgan fingerprint density at radius 2 is 2.00 bits per heavy atom. The first-order valence-electron chi connectivity index (χ1n) is 6.54. The Labute approximate surface area is 128 Å². The van der Waals surface area contributed by atoms with Crippen LogP contribution in [-0.2, 0) is 4.79 Å². The summed E-state index contributed by atoms with van der Waals surface area (Å²) in [7, 11) is 1.56. The summed E-state index contributed by atoms with van der Waals surface area (Å²) in [6, 6.07) is 14.2. The van der Waals surface area contributed by atoms with Crippen LogP contribution in [0, 0.1) is 0 Å². The number of benzene rings is 2. The molecule has 0 saturated carbocycles. The molecule has 2 aromatic carbocycles. The van der Waals surface area contributed by atoms with Gasteiger partial charge in [0, 0.05) is 18.5 Å². The number of carbonyl (C=O) groups is 1. The van der Waals surface area contributed by atoms with Crippen LogP contribution >= 0.6 is 11.6 Å². The molecule has 0 saturated heterocycles. The quantitative estimate of drug-likeness (QED) is 0.890. The molecule has 0 heterocycles. The summed E-state index contributed by atoms with van der Waals surface area (Å²) in [5.74, 6) is 0.434. The van der Waals surface area contributed by atoms with Crippen LogP contribution in [0.15, 0.2) is 48.5 Å². The molecular formula is C16H17ClN2O2. The average Bonchev–Trinajstić information content (AvgIpc) is 2.50. The Hall–Kier alpha value is -2.04. The number of methoxy groups -OCH3 is 1. The SMILES string of the molecule is COc1ccc(Cl)c(NC(=O)CC(N)c2ccccc2)c1. The van der Waals surface area contributed by atoms with Gasteiger partial charge in [0.2, 0.25) is 5.91 Å². The molecule has 1 amide bonds. The molecule has 1 atom stereocenters. The highest BCUT2D eigenvalue weighted by Gasteiger charge is 2.13. The monoisotopic (exact) mass is 304 g/mol. The van der Waals surface area contributed by atoms with E-state index in [1.165, 1.54) is 0 Å². The first kappa shape index (κ1) is 15.4. The topological polar surface area (TPSA) is 64.3 Å². The minimum atomic E-state index is -0.351. The number of ether oxygens (including phenoxy) is 1. The Kier molecular flexibility index (Phi) is 5.20. The van der Waals surface area contributed by atoms with E-state index in [0.29, 0.717) is 16.5 Å². The minimum Gasteiger partial charge on any atom is -0.497 e. The van der Waals surface area contributed by atoms with Crippen LogP contribution in [0.1, 0.15) is 18.0 Å². The number of rotatable bonds is 5. The molecule has 5 heteroatoms. The maximum absolute atomic E-state index is 12.1. The zero-order chi connectivity index (χ0) is 15.2. The lowest BCUT2D eigenvalue weighted by Gasteiger charge is -2.13. The van der Waals surface area contributed by atoms with E-state index < -0.39 is 0 Å². The second-order valence-electron chi connectivity index (χ2n) is 4.62. The Morgan fingerprint density at radius 3 is 2.67 bits per heavy atom. The van der Waals surface area contributed by atoms with Crippen molar-refractivity contribution in [1.29, 1.82) is 0 Å². The Bertz CT molecular complexity index is 617. The van der Waals surface area contributed by atoms with Crippen LogP contribution in [0.5, 0.6) is 5.75 Å². The zero-order valence-corrected chi connectivity index (χ0v) is 12.4. The number of hydrogen-bond acceptors (Lipinski definition) is 3. The second kappa shape index (κ2) is 7.11. The molecule has 2 rings (SSSR count). The molecule has 0 aliphatic rings. The maximum atomic E-state index is 12.1. The highest BCUT2D eigenvalue weighted by Crippen LogP contribution is 2.27. The van der Waals surface area contributed by atoms with Crippen LogP contribution in [-0.4, -0.2) is 13.0 Å². The van der Waals surface area contributed by atoms with Crippen molar-refractivity contribution in [2.45, 2.75) is 12.5 Å². The van der Waals surface area contributed by atoms with Crippen LogP contribution in [0.3, 0.4) is 0 Å². The van der Waals surface area contributed by atoms with Crippen LogP contribution < -0.4 is 15.8 Å². The van der Waals surface area contributed by atoms with E-state index in [2.05, 4.69) is 5.32 Å². The number of halogens is 1. The fourth-order valence-electron chi connectivity index (χ4n) is 1.95. The lowest BCUT2D eigenvalue weighted by molar-refractivity contribution is -0.116. The summed E-state index contributed by atoms with van der Waals surface area (Å²) in [6.45, 7) is 0. The number of amides is 1. The molecule has 3 N–H and O–H groups in total. The highest BCUT2D eigenvalue weighted by atomic mass is 35.5. The van der Waals surface area contributed by atoms with Gasteiger partial charge in [0.25, 0.3) is 0 Å². The molecule has 0 fully saturated rings. The third kappa shape index (κ3) is 4.21. The maximum Gasteiger partial charge on any atom is 0.226 e. The lowest BCUT2D eigenvalue weighted by atomic mass is 10.0. The van der Waals surface area contributed by atoms with Crippen molar-refractivity contribution in [3.05, 3.63) is 59.1 Å². The van der Waals surface area contributed by atoms with Gasteiger partial charge in [-0.3, -0.25) is 4.79 Å². The van der Waals surface area contributed by atoms with E-state index in [0.717, 1.165) is 5.56 Å². The summed E-state index contributed by atoms with van der Waals surface area (Å²) < 4.78 is 5.11. The van der Waals surface area contributed by atoms with Crippen molar-refractivity contribution in [2.24, 2.45) is 5.73 Å². The van der Waals surface area contributed by atoms with Gasteiger partial charge in [0.1, 0.15) is 5.75 Å². The fraction of sp³-hybridized carbons (Fsp3) is 0.188. The third-order valence-electron chi connectivity index (χ3n) is 3.08. The van der Waals surface area contributed by atoms with Gasteiger partial charge in [0.05, 0.1) is 17.8 Å². The molecule has 1 unspecified atom stereocenters. The zero-order valence-electron chi connectivity index (χ0n) is 11.7. The van der Waals surface area contributed by atoms with E-state index >= 15 is 0 Å². The molecule has 0 aliphatic carbocycles. The van der Waals surface area contributed by atoms with Crippen LogP contribution in [0.25, 0.3) is 0 Å². The first-order chi connectivity index (χ1) is 10.1. The van der Waals surface area contributed by atoms with Gasteiger partial charge < -0.3 is 15.8 Å². The molecular weight excluding hydrogens is 288 g/mol. The van der Waals surface area contributed by atoms with Gasteiger partial charge in [-0.2, -0.15) is 0 Å². The van der Waals surface area contributed by atoms with E-state index in [1.54, 1.807) is 25.3 Å². The number of hydrogen-bond donors (Lipinski definition) is 2. The second-order valence-corrected chi connectivity index (χ2v) is 5.02. The standard InChI is InChI=1S/C16H17ClN2O2/c1-21-12-7-8-13(17)15(9-12)19-16(20)10-14(18)11-5-3-2-4-6-11/h2-9,14H,10,18H2,1H3,(H,19,20). The van der Waals surface area contributed by atoms with Gasteiger partial charge in [-0.05, 0) is 17.7 Å². The van der Waals surface area contributed by atoms with E-state index in [1.807, 2.05) is 30.3 Å². The number of nitrogens with one attached hydrogen (secondary N) is 1. The molecule has 0 aliphatic heterocycles. The van der Waals surface area contributed by atoms with Gasteiger partial charge in [-0.15, -0.1) is 0 Å². The van der Waals surface area contributed by atoms with Crippen LogP contribution in [0.4, 0.5) is 5.69 Å². The third-order valence-corrected chi connectivity index (χ3v) is 3.41. The highest BCUT2D eigenvalue weighted by molar-refractivity contribution is 6.33. The van der Waals surface area contributed by atoms with Crippen LogP contribution in [0.2, 0.25) is 5.02 Å². The van der Waals surface area contributed by atoms with Gasteiger partial charge in [-0.25, -0.2) is 0 Å². The Morgan fingerprint density at radius 1 is 1.29 bits per heavy atom. The average molecular weight is 305 g/mol. The molecule has 2 aromatic rings. The van der Waals surface area contributed by atoms with Gasteiger partial charge >= 0.3 is 0 Å². The molecule has 0 spiro atoms. The minimum absolute atomic E-state index is 0.178. The molecule has 0 bridgehead atoms. The molecule has 0 radical (unpaired) electrons. The predicted octanol–water partition coefficient (Wildman–Crippen LogP) is 3.38. The van der Waals surface area contributed by atoms with Crippen molar-refractivity contribution < 1.29 is 9.53 Å². The normalized spacial score (nSPS) is 11.8. The largest absolute Gasteiger partial charge is 0.497 e. The molecule has 110 valence electrons. The van der Waals surface area contributed by atoms with Crippen molar-refractivity contribution in [3.8, 4) is 5.75 Å². The summed E-state index contributed by atoms with van der Waals surface area (Å²) in [5.41, 5.74) is 7.46. The molecule has 4 nitrogen and oxygen atoms in total. The summed E-state index contributed by atoms with van der Waals surface area (Å²) in [5, 5.41) is 3.21. The Balaban J connectivity index is 2.02. The lowest BCUT2D eigenvalue weighted by Crippen LogP contribution is -2.20. The van der Waals surface area contributed by atoms with Gasteiger partial charge in [0.15, 0.2) is 0 Å². The van der Waals surface area contributed by atoms with Crippen molar-refractivity contribution >= 4 is 23.2 Å². The number of anilines is 1. The molecule has 21 heavy (non-hydrogen) atoms. The van der Waals surface area contributed by atoms with Crippen molar-refractivity contribution in [1.82, 2.24) is 0 Å². The van der Waals surface area contributed by atoms with Gasteiger partial charge in [-0.1, -0.05) is 41.9 Å². The predicted molar refractivity (Wildman–Crippen MR) is 84.6 cm³/mol. The number of carbonyl (C=O) groups excluding carboxylic acids is 1. The summed E-state index contributed by atoms with van der Waals surface area (Å²) in [6.07, 6.45) is 0.178. The van der Waals surface area contributed by atoms with E-state index in [-0.39, 0.29) is 18.4 Å². The van der Waals surface area contributed by atoms with Crippen molar-refractivity contribution in [3.63, 3.8) is 0 Å². The molecule has 0 aromatic heterocycles. The smallest absolute Gasteiger partial charge is 0.226 e. The van der Waals surface area contributed by atoms with E-state index in [9.17, 15) is 4.79 Å². The summed E-state index contributed by atoms with van der Waals surface area (Å²) in [4.78, 5) is 12.1. The number of nitrogens with two attached hydrogens (primary N) is 1. The first-order valence-corrected chi connectivity index (χ1v) is 6.92.